The van der Waals surface area contributed by atoms with E-state index in [9.17, 15) is 14.9 Å². The van der Waals surface area contributed by atoms with Gasteiger partial charge in [0.25, 0.3) is 0 Å². The number of hydrogen-bond acceptors (Lipinski definition) is 3. The number of ketones is 1. The van der Waals surface area contributed by atoms with Crippen LogP contribution in [0.3, 0.4) is 0 Å². The van der Waals surface area contributed by atoms with Crippen molar-refractivity contribution in [1.82, 2.24) is 5.32 Å². The Bertz CT molecular complexity index is 849. The van der Waals surface area contributed by atoms with Gasteiger partial charge in [0.1, 0.15) is 17.6 Å². The summed E-state index contributed by atoms with van der Waals surface area (Å²) in [5, 5.41) is 12.1. The third-order valence-electron chi connectivity index (χ3n) is 3.65. The molecule has 0 radical (unpaired) electrons. The second-order valence-corrected chi connectivity index (χ2v) is 5.98. The third kappa shape index (κ3) is 2.81. The first kappa shape index (κ1) is 15.2. The zero-order chi connectivity index (χ0) is 16.4. The molecule has 2 aromatic rings. The molecule has 1 N–H and O–H groups in total. The summed E-state index contributed by atoms with van der Waals surface area (Å²) in [5.74, 6) is -1.87. The van der Waals surface area contributed by atoms with Crippen LogP contribution >= 0.6 is 15.9 Å². The zero-order valence-corrected chi connectivity index (χ0v) is 13.5. The molecule has 0 aromatic heterocycles. The third-order valence-corrected chi connectivity index (χ3v) is 4.18. The van der Waals surface area contributed by atoms with E-state index in [2.05, 4.69) is 21.2 Å². The molecule has 1 aliphatic rings. The highest BCUT2D eigenvalue weighted by atomic mass is 79.9. The predicted molar refractivity (Wildman–Crippen MR) is 89.0 cm³/mol. The van der Waals surface area contributed by atoms with Gasteiger partial charge in [-0.3, -0.25) is 9.59 Å². The minimum atomic E-state index is -0.981. The fraction of sp³-hybridized carbons (Fsp3) is 0.0556. The summed E-state index contributed by atoms with van der Waals surface area (Å²) >= 11 is 3.33. The van der Waals surface area contributed by atoms with Crippen molar-refractivity contribution in [2.75, 3.05) is 0 Å². The van der Waals surface area contributed by atoms with E-state index in [1.165, 1.54) is 0 Å². The first-order valence-corrected chi connectivity index (χ1v) is 7.71. The largest absolute Gasteiger partial charge is 0.323 e. The smallest absolute Gasteiger partial charge is 0.239 e. The maximum Gasteiger partial charge on any atom is 0.239 e. The van der Waals surface area contributed by atoms with Gasteiger partial charge in [-0.25, -0.2) is 0 Å². The van der Waals surface area contributed by atoms with Gasteiger partial charge in [-0.2, -0.15) is 5.26 Å². The van der Waals surface area contributed by atoms with E-state index in [4.69, 9.17) is 0 Å². The summed E-state index contributed by atoms with van der Waals surface area (Å²) in [5.41, 5.74) is 1.44. The molecule has 0 saturated heterocycles. The van der Waals surface area contributed by atoms with Gasteiger partial charge in [0.2, 0.25) is 5.91 Å². The Labute approximate surface area is 141 Å². The zero-order valence-electron chi connectivity index (χ0n) is 11.9. The maximum absolute atomic E-state index is 12.7. The molecule has 0 saturated carbocycles. The number of benzene rings is 2. The van der Waals surface area contributed by atoms with Crippen LogP contribution < -0.4 is 5.32 Å². The van der Waals surface area contributed by atoms with Crippen LogP contribution in [0.2, 0.25) is 0 Å². The Hall–Kier alpha value is -2.71. The summed E-state index contributed by atoms with van der Waals surface area (Å²) in [4.78, 5) is 25.1. The highest BCUT2D eigenvalue weighted by Gasteiger charge is 2.37. The fourth-order valence-corrected chi connectivity index (χ4v) is 2.80. The Morgan fingerprint density at radius 3 is 2.26 bits per heavy atom. The first-order chi connectivity index (χ1) is 11.1. The normalized spacial score (nSPS) is 17.7. The molecule has 1 amide bonds. The number of amides is 1. The molecule has 3 rings (SSSR count). The Kier molecular flexibility index (Phi) is 4.09. The Balaban J connectivity index is 2.09. The lowest BCUT2D eigenvalue weighted by molar-refractivity contribution is -0.128. The fourth-order valence-electron chi connectivity index (χ4n) is 2.54. The molecule has 5 heteroatoms. The van der Waals surface area contributed by atoms with E-state index in [-0.39, 0.29) is 11.3 Å². The van der Waals surface area contributed by atoms with Crippen LogP contribution in [0.4, 0.5) is 0 Å². The number of halogens is 1. The van der Waals surface area contributed by atoms with Crippen molar-refractivity contribution in [3.8, 4) is 6.07 Å². The first-order valence-electron chi connectivity index (χ1n) is 6.92. The average molecular weight is 367 g/mol. The summed E-state index contributed by atoms with van der Waals surface area (Å²) in [6.45, 7) is 0. The van der Waals surface area contributed by atoms with Crippen molar-refractivity contribution in [2.24, 2.45) is 0 Å². The van der Waals surface area contributed by atoms with Crippen molar-refractivity contribution >= 4 is 33.3 Å². The molecule has 1 atom stereocenters. The monoisotopic (exact) mass is 366 g/mol. The number of nitriles is 1. The number of nitrogens with one attached hydrogen (secondary N) is 1. The standard InChI is InChI=1S/C18H11BrN2O2/c19-13-8-6-12(7-9-13)16-14(10-20)17(22)15(18(23)21-16)11-4-2-1-3-5-11/h1-9,15H,(H,21,23). The van der Waals surface area contributed by atoms with Crippen LogP contribution in [0.25, 0.3) is 5.70 Å². The van der Waals surface area contributed by atoms with Crippen LogP contribution in [0.1, 0.15) is 17.0 Å². The number of Topliss-reactive ketones (excluding diaryl/α,β-unsaturated/α-hetero) is 1. The van der Waals surface area contributed by atoms with Gasteiger partial charge in [-0.15, -0.1) is 0 Å². The molecule has 112 valence electrons. The molecular weight excluding hydrogens is 356 g/mol. The summed E-state index contributed by atoms with van der Waals surface area (Å²) < 4.78 is 0.871. The number of nitrogens with zero attached hydrogens (tertiary/aromatic N) is 1. The molecule has 0 aliphatic carbocycles. The minimum absolute atomic E-state index is 0.0271. The molecule has 0 bridgehead atoms. The van der Waals surface area contributed by atoms with Crippen molar-refractivity contribution in [1.29, 1.82) is 5.26 Å². The van der Waals surface area contributed by atoms with Gasteiger partial charge >= 0.3 is 0 Å². The van der Waals surface area contributed by atoms with Crippen LogP contribution in [-0.4, -0.2) is 11.7 Å². The summed E-state index contributed by atoms with van der Waals surface area (Å²) in [6.07, 6.45) is 0. The molecule has 1 aliphatic heterocycles. The quantitative estimate of drug-likeness (QED) is 0.829. The number of allylic oxidation sites excluding steroid dienone is 1. The number of carbonyl (C=O) groups excluding carboxylic acids is 2. The van der Waals surface area contributed by atoms with E-state index in [1.807, 2.05) is 12.1 Å². The van der Waals surface area contributed by atoms with Crippen molar-refractivity contribution in [3.05, 3.63) is 75.8 Å². The van der Waals surface area contributed by atoms with Gasteiger partial charge in [-0.1, -0.05) is 58.4 Å². The second-order valence-electron chi connectivity index (χ2n) is 5.07. The number of carbonyl (C=O) groups is 2. The van der Waals surface area contributed by atoms with Crippen molar-refractivity contribution < 1.29 is 9.59 Å². The number of rotatable bonds is 2. The lowest BCUT2D eigenvalue weighted by Gasteiger charge is -2.24. The van der Waals surface area contributed by atoms with Gasteiger partial charge in [0.15, 0.2) is 5.78 Å². The van der Waals surface area contributed by atoms with Gasteiger partial charge < -0.3 is 5.32 Å². The predicted octanol–water partition coefficient (Wildman–Crippen LogP) is 3.17. The highest BCUT2D eigenvalue weighted by Crippen LogP contribution is 2.30. The second kappa shape index (κ2) is 6.19. The summed E-state index contributed by atoms with van der Waals surface area (Å²) in [6, 6.07) is 17.8. The van der Waals surface area contributed by atoms with Crippen LogP contribution in [0.5, 0.6) is 0 Å². The van der Waals surface area contributed by atoms with E-state index in [0.717, 1.165) is 4.47 Å². The SMILES string of the molecule is N#CC1=C(c2ccc(Br)cc2)NC(=O)C(c2ccccc2)C1=O. The maximum atomic E-state index is 12.7. The van der Waals surface area contributed by atoms with E-state index >= 15 is 0 Å². The lowest BCUT2D eigenvalue weighted by atomic mass is 9.85. The number of hydrogen-bond donors (Lipinski definition) is 1. The van der Waals surface area contributed by atoms with E-state index in [1.54, 1.807) is 48.5 Å². The molecule has 1 unspecified atom stereocenters. The van der Waals surface area contributed by atoms with Crippen LogP contribution in [-0.2, 0) is 9.59 Å². The van der Waals surface area contributed by atoms with Crippen LogP contribution in [0, 0.1) is 11.3 Å². The molecule has 0 spiro atoms. The molecule has 4 nitrogen and oxygen atoms in total. The molecule has 2 aromatic carbocycles. The average Bonchev–Trinajstić information content (AvgIpc) is 2.56. The van der Waals surface area contributed by atoms with Crippen molar-refractivity contribution in [3.63, 3.8) is 0 Å². The van der Waals surface area contributed by atoms with E-state index < -0.39 is 17.6 Å². The Morgan fingerprint density at radius 1 is 1.00 bits per heavy atom. The molecular formula is C18H11BrN2O2. The highest BCUT2D eigenvalue weighted by molar-refractivity contribution is 9.10. The molecule has 23 heavy (non-hydrogen) atoms. The topological polar surface area (TPSA) is 70.0 Å². The van der Waals surface area contributed by atoms with E-state index in [0.29, 0.717) is 11.1 Å². The summed E-state index contributed by atoms with van der Waals surface area (Å²) in [7, 11) is 0. The van der Waals surface area contributed by atoms with Gasteiger partial charge in [-0.05, 0) is 23.3 Å². The minimum Gasteiger partial charge on any atom is -0.323 e. The lowest BCUT2D eigenvalue weighted by Crippen LogP contribution is -2.39. The van der Waals surface area contributed by atoms with Gasteiger partial charge in [0.05, 0.1) is 5.70 Å². The molecule has 0 fully saturated rings. The van der Waals surface area contributed by atoms with Crippen LogP contribution in [0.15, 0.2) is 64.6 Å². The van der Waals surface area contributed by atoms with Crippen molar-refractivity contribution in [2.45, 2.75) is 5.92 Å². The van der Waals surface area contributed by atoms with Gasteiger partial charge in [0, 0.05) is 4.47 Å². The molecule has 1 heterocycles. The Morgan fingerprint density at radius 2 is 1.65 bits per heavy atom.